The summed E-state index contributed by atoms with van der Waals surface area (Å²) in [6.07, 6.45) is 21.1. The Bertz CT molecular complexity index is 3820. The maximum atomic E-state index is 6.45. The van der Waals surface area contributed by atoms with Crippen LogP contribution in [0.1, 0.15) is 52.6 Å². The summed E-state index contributed by atoms with van der Waals surface area (Å²) in [7, 11) is 0. The first-order valence-corrected chi connectivity index (χ1v) is 25.4. The lowest BCUT2D eigenvalue weighted by Crippen LogP contribution is -2.28. The van der Waals surface area contributed by atoms with Crippen molar-refractivity contribution in [3.8, 4) is 22.3 Å². The molecule has 2 aliphatic carbocycles. The van der Waals surface area contributed by atoms with Crippen molar-refractivity contribution in [2.45, 2.75) is 24.7 Å². The highest BCUT2D eigenvalue weighted by atomic mass is 16.3. The second kappa shape index (κ2) is 19.7. The molecule has 2 heteroatoms. The van der Waals surface area contributed by atoms with E-state index in [2.05, 4.69) is 279 Å². The number of fused-ring (bicyclic) bond motifs is 5. The maximum absolute atomic E-state index is 6.45. The Morgan fingerprint density at radius 2 is 1.25 bits per heavy atom. The summed E-state index contributed by atoms with van der Waals surface area (Å²) in [5.41, 5.74) is 18.5. The number of benzene rings is 9. The fourth-order valence-corrected chi connectivity index (χ4v) is 11.5. The second-order valence-electron chi connectivity index (χ2n) is 19.2. The topological polar surface area (TPSA) is 16.4 Å². The predicted octanol–water partition coefficient (Wildman–Crippen LogP) is 18.5. The van der Waals surface area contributed by atoms with E-state index in [9.17, 15) is 0 Å². The molecular weight excluding hydrogens is 883 g/mol. The minimum Gasteiger partial charge on any atom is -0.456 e. The Balaban J connectivity index is 0.951. The summed E-state index contributed by atoms with van der Waals surface area (Å²) < 4.78 is 6.45. The molecule has 1 heterocycles. The molecule has 12 rings (SSSR count). The van der Waals surface area contributed by atoms with Crippen molar-refractivity contribution in [3.05, 3.63) is 324 Å². The van der Waals surface area contributed by atoms with Crippen LogP contribution in [0, 0.1) is 0 Å². The Labute approximate surface area is 428 Å². The Hall–Kier alpha value is -8.98. The molecule has 1 atom stereocenters. The van der Waals surface area contributed by atoms with E-state index in [0.717, 1.165) is 45.3 Å². The van der Waals surface area contributed by atoms with Crippen molar-refractivity contribution in [1.29, 1.82) is 0 Å². The van der Waals surface area contributed by atoms with E-state index in [1.807, 2.05) is 12.2 Å². The molecule has 0 saturated heterocycles. The second-order valence-corrected chi connectivity index (χ2v) is 19.2. The van der Waals surface area contributed by atoms with Crippen LogP contribution in [0.5, 0.6) is 0 Å². The summed E-state index contributed by atoms with van der Waals surface area (Å²) in [5.74, 6) is 0.212. The molecule has 0 N–H and O–H groups in total. The average Bonchev–Trinajstić information content (AvgIpc) is 3.94. The van der Waals surface area contributed by atoms with Gasteiger partial charge in [-0.25, -0.2) is 0 Å². The van der Waals surface area contributed by atoms with Gasteiger partial charge in [-0.1, -0.05) is 231 Å². The first-order valence-electron chi connectivity index (χ1n) is 25.4. The molecule has 350 valence electrons. The average molecular weight is 938 g/mol. The zero-order valence-corrected chi connectivity index (χ0v) is 41.0. The fraction of sp³-hybridized carbons (Fsp3) is 0.0704. The van der Waals surface area contributed by atoms with Crippen LogP contribution in [-0.2, 0) is 5.41 Å². The molecule has 2 nitrogen and oxygen atoms in total. The SMILES string of the molecule is C=C/C=C\C(=C\c1ccc2oc3cc4ccccc4cc3c2c1)N(C/C=C\C1=C(C)C(c2ccccc2)(c2ccccc2)c2ccccc21)C1=CCC(c2ccc(-c3ccccc3)c(-c3ccccc3)c2)C=C1. The molecule has 1 aromatic heterocycles. The Morgan fingerprint density at radius 3 is 1.93 bits per heavy atom. The van der Waals surface area contributed by atoms with E-state index >= 15 is 0 Å². The molecule has 0 bridgehead atoms. The fourth-order valence-electron chi connectivity index (χ4n) is 11.5. The number of hydrogen-bond acceptors (Lipinski definition) is 2. The van der Waals surface area contributed by atoms with Gasteiger partial charge in [0, 0.05) is 34.6 Å². The number of allylic oxidation sites excluding steroid dienone is 9. The number of hydrogen-bond donors (Lipinski definition) is 0. The van der Waals surface area contributed by atoms with Gasteiger partial charge < -0.3 is 9.32 Å². The van der Waals surface area contributed by atoms with Crippen LogP contribution < -0.4 is 0 Å². The largest absolute Gasteiger partial charge is 0.456 e. The first-order chi connectivity index (χ1) is 36.1. The summed E-state index contributed by atoms with van der Waals surface area (Å²) in [4.78, 5) is 2.45. The van der Waals surface area contributed by atoms with Gasteiger partial charge in [0.05, 0.1) is 5.41 Å². The molecule has 0 spiro atoms. The molecule has 10 aromatic rings. The molecule has 0 saturated carbocycles. The van der Waals surface area contributed by atoms with Crippen LogP contribution in [0.4, 0.5) is 0 Å². The highest BCUT2D eigenvalue weighted by Gasteiger charge is 2.45. The Kier molecular flexibility index (Phi) is 12.2. The van der Waals surface area contributed by atoms with Gasteiger partial charge in [0.15, 0.2) is 0 Å². The van der Waals surface area contributed by atoms with Crippen LogP contribution in [0.25, 0.3) is 66.6 Å². The van der Waals surface area contributed by atoms with Gasteiger partial charge in [0.25, 0.3) is 0 Å². The first kappa shape index (κ1) is 45.2. The van der Waals surface area contributed by atoms with Crippen LogP contribution >= 0.6 is 0 Å². The number of furan rings is 1. The molecule has 9 aromatic carbocycles. The summed E-state index contributed by atoms with van der Waals surface area (Å²) >= 11 is 0. The third-order valence-electron chi connectivity index (χ3n) is 15.0. The van der Waals surface area contributed by atoms with Crippen LogP contribution in [0.3, 0.4) is 0 Å². The molecule has 0 amide bonds. The van der Waals surface area contributed by atoms with Crippen LogP contribution in [0.15, 0.2) is 295 Å². The highest BCUT2D eigenvalue weighted by Crippen LogP contribution is 2.54. The molecule has 73 heavy (non-hydrogen) atoms. The smallest absolute Gasteiger partial charge is 0.136 e. The molecule has 2 aliphatic rings. The van der Waals surface area contributed by atoms with Crippen molar-refractivity contribution in [3.63, 3.8) is 0 Å². The molecule has 0 aliphatic heterocycles. The monoisotopic (exact) mass is 937 g/mol. The standard InChI is InChI=1S/C71H55NO/c1-3-4-32-61(45-51-36-43-69-66(46-51)67-48-55-26-17-18-27-56(55)49-70(67)73-69)72(60-40-37-52(38-41-60)57-39-42-63(53-22-9-5-10-23-53)65(47-57)54-24-11-6-12-25-54)44-21-34-62-50(2)71(58-28-13-7-14-29-58,59-30-15-8-16-31-59)68-35-20-19-33-64(62)68/h3-37,39-43,45-49,52H,1,38,44H2,2H3/b32-4-,34-21-,61-45-. The van der Waals surface area contributed by atoms with Crippen molar-refractivity contribution in [1.82, 2.24) is 4.90 Å². The van der Waals surface area contributed by atoms with Gasteiger partial charge >= 0.3 is 0 Å². The van der Waals surface area contributed by atoms with Gasteiger partial charge in [-0.05, 0) is 139 Å². The van der Waals surface area contributed by atoms with Gasteiger partial charge in [-0.3, -0.25) is 0 Å². The minimum atomic E-state index is -0.429. The van der Waals surface area contributed by atoms with Gasteiger partial charge in [0.2, 0.25) is 0 Å². The van der Waals surface area contributed by atoms with E-state index in [1.165, 1.54) is 72.0 Å². The lowest BCUT2D eigenvalue weighted by Gasteiger charge is -2.34. The minimum absolute atomic E-state index is 0.212. The lowest BCUT2D eigenvalue weighted by atomic mass is 9.67. The van der Waals surface area contributed by atoms with E-state index < -0.39 is 5.41 Å². The summed E-state index contributed by atoms with van der Waals surface area (Å²) in [6, 6.07) is 79.0. The zero-order chi connectivity index (χ0) is 49.1. The number of rotatable bonds is 13. The van der Waals surface area contributed by atoms with E-state index in [-0.39, 0.29) is 5.92 Å². The zero-order valence-electron chi connectivity index (χ0n) is 41.0. The number of nitrogens with zero attached hydrogens (tertiary/aromatic N) is 1. The summed E-state index contributed by atoms with van der Waals surface area (Å²) in [6.45, 7) is 7.07. The van der Waals surface area contributed by atoms with E-state index in [0.29, 0.717) is 6.54 Å². The quantitative estimate of drug-likeness (QED) is 0.107. The molecule has 1 unspecified atom stereocenters. The molecular formula is C71H55NO. The van der Waals surface area contributed by atoms with Gasteiger partial charge in [0.1, 0.15) is 11.2 Å². The van der Waals surface area contributed by atoms with E-state index in [4.69, 9.17) is 4.42 Å². The van der Waals surface area contributed by atoms with Gasteiger partial charge in [-0.15, -0.1) is 0 Å². The van der Waals surface area contributed by atoms with Gasteiger partial charge in [-0.2, -0.15) is 0 Å². The predicted molar refractivity (Wildman–Crippen MR) is 308 cm³/mol. The van der Waals surface area contributed by atoms with Crippen molar-refractivity contribution in [2.24, 2.45) is 0 Å². The van der Waals surface area contributed by atoms with Crippen molar-refractivity contribution >= 4 is 44.4 Å². The molecule has 0 radical (unpaired) electrons. The third kappa shape index (κ3) is 8.41. The summed E-state index contributed by atoms with van der Waals surface area (Å²) in [5, 5.41) is 4.59. The molecule has 0 fully saturated rings. The highest BCUT2D eigenvalue weighted by molar-refractivity contribution is 6.10. The lowest BCUT2D eigenvalue weighted by molar-refractivity contribution is 0.499. The normalized spacial score (nSPS) is 15.4. The Morgan fingerprint density at radius 1 is 0.616 bits per heavy atom. The maximum Gasteiger partial charge on any atom is 0.136 e. The van der Waals surface area contributed by atoms with E-state index in [1.54, 1.807) is 0 Å². The van der Waals surface area contributed by atoms with Crippen molar-refractivity contribution in [2.75, 3.05) is 6.54 Å². The van der Waals surface area contributed by atoms with Crippen LogP contribution in [-0.4, -0.2) is 11.4 Å². The third-order valence-corrected chi connectivity index (χ3v) is 15.0. The van der Waals surface area contributed by atoms with Crippen LogP contribution in [0.2, 0.25) is 0 Å². The van der Waals surface area contributed by atoms with Crippen molar-refractivity contribution < 1.29 is 4.42 Å².